The average molecular weight is 1520 g/mol. The van der Waals surface area contributed by atoms with Crippen LogP contribution < -0.4 is 18.9 Å². The normalized spacial score (nSPS) is 10.9. The van der Waals surface area contributed by atoms with Gasteiger partial charge in [0, 0.05) is 59.7 Å². The van der Waals surface area contributed by atoms with Crippen LogP contribution in [0.5, 0.6) is 23.0 Å². The first-order chi connectivity index (χ1) is 54.6. The van der Waals surface area contributed by atoms with E-state index in [1.807, 2.05) is 109 Å². The molecule has 0 radical (unpaired) electrons. The molecule has 0 atom stereocenters. The lowest BCUT2D eigenvalue weighted by Gasteiger charge is -2.14. The molecule has 0 saturated carbocycles. The minimum Gasteiger partial charge on any atom is -0.492 e. The molecule has 0 aromatic heterocycles. The first-order valence-corrected chi connectivity index (χ1v) is 40.6. The van der Waals surface area contributed by atoms with Crippen LogP contribution in [0.25, 0.3) is 0 Å². The molecule has 18 nitrogen and oxygen atoms in total. The molecule has 5 rings (SSSR count). The Balaban J connectivity index is 1.11. The predicted octanol–water partition coefficient (Wildman–Crippen LogP) is 16.1. The van der Waals surface area contributed by atoms with Crippen molar-refractivity contribution >= 4 is 0 Å². The van der Waals surface area contributed by atoms with Crippen molar-refractivity contribution in [1.82, 2.24) is 0 Å². The molecule has 0 aliphatic heterocycles. The van der Waals surface area contributed by atoms with Crippen molar-refractivity contribution < 1.29 is 85.3 Å². The minimum atomic E-state index is 0.422. The molecule has 110 heavy (non-hydrogen) atoms. The highest BCUT2D eigenvalue weighted by atomic mass is 16.6. The predicted molar refractivity (Wildman–Crippen MR) is 435 cm³/mol. The molecule has 0 amide bonds. The van der Waals surface area contributed by atoms with Crippen LogP contribution in [0.1, 0.15) is 187 Å². The van der Waals surface area contributed by atoms with Crippen LogP contribution in [0.15, 0.2) is 109 Å². The first kappa shape index (κ1) is 93.6. The zero-order valence-corrected chi connectivity index (χ0v) is 67.1. The molecule has 0 spiro atoms. The molecule has 5 aromatic carbocycles. The van der Waals surface area contributed by atoms with Crippen molar-refractivity contribution in [3.05, 3.63) is 154 Å². The van der Waals surface area contributed by atoms with E-state index >= 15 is 0 Å². The second-order valence-corrected chi connectivity index (χ2v) is 26.1. The molecule has 0 N–H and O–H groups in total. The third-order valence-electron chi connectivity index (χ3n) is 17.0. The SMILES string of the molecule is CCCCCCCCCCCCOc1cc(C#Cc2ccc(C#Cc3ccc(OCCOCCOCCOCCOCCOCCOCCOC)cc3)cc2)c(OCCCCCCCCCCCC)cc1C#Cc1ccc(C#Cc2ccc(OCCOCCOCCOCCOCCOCCOCCOC)cc2)cc1. The van der Waals surface area contributed by atoms with Crippen LogP contribution in [0.2, 0.25) is 0 Å². The van der Waals surface area contributed by atoms with Crippen molar-refractivity contribution in [3.8, 4) is 70.4 Å². The van der Waals surface area contributed by atoms with E-state index in [1.54, 1.807) is 14.2 Å². The topological polar surface area (TPSA) is 166 Å². The summed E-state index contributed by atoms with van der Waals surface area (Å²) in [5.74, 6) is 29.9. The van der Waals surface area contributed by atoms with Crippen LogP contribution in [-0.2, 0) is 66.3 Å². The number of hydrogen-bond acceptors (Lipinski definition) is 18. The van der Waals surface area contributed by atoms with E-state index in [1.165, 1.54) is 103 Å². The number of rotatable bonds is 68. The third kappa shape index (κ3) is 50.8. The Morgan fingerprint density at radius 3 is 0.609 bits per heavy atom. The van der Waals surface area contributed by atoms with Gasteiger partial charge in [0.25, 0.3) is 0 Å². The van der Waals surface area contributed by atoms with Crippen molar-refractivity contribution in [1.29, 1.82) is 0 Å². The summed E-state index contributed by atoms with van der Waals surface area (Å²) in [7, 11) is 3.30. The van der Waals surface area contributed by atoms with E-state index in [0.29, 0.717) is 210 Å². The fourth-order valence-corrected chi connectivity index (χ4v) is 10.8. The monoisotopic (exact) mass is 1520 g/mol. The summed E-state index contributed by atoms with van der Waals surface area (Å²) in [6, 6.07) is 35.7. The van der Waals surface area contributed by atoms with Crippen molar-refractivity contribution in [3.63, 3.8) is 0 Å². The summed E-state index contributed by atoms with van der Waals surface area (Å²) >= 11 is 0. The number of ether oxygens (including phenoxy) is 18. The highest BCUT2D eigenvalue weighted by molar-refractivity contribution is 5.61. The Bertz CT molecular complexity index is 3040. The zero-order chi connectivity index (χ0) is 77.4. The summed E-state index contributed by atoms with van der Waals surface area (Å²) < 4.78 is 102. The van der Waals surface area contributed by atoms with Crippen molar-refractivity contribution in [2.75, 3.05) is 212 Å². The van der Waals surface area contributed by atoms with Crippen molar-refractivity contribution in [2.24, 2.45) is 0 Å². The van der Waals surface area contributed by atoms with Gasteiger partial charge in [0.15, 0.2) is 0 Å². The van der Waals surface area contributed by atoms with Gasteiger partial charge in [-0.2, -0.15) is 0 Å². The Morgan fingerprint density at radius 1 is 0.191 bits per heavy atom. The van der Waals surface area contributed by atoms with E-state index in [0.717, 1.165) is 81.7 Å². The minimum absolute atomic E-state index is 0.422. The maximum Gasteiger partial charge on any atom is 0.136 e. The highest BCUT2D eigenvalue weighted by Crippen LogP contribution is 2.30. The van der Waals surface area contributed by atoms with Crippen LogP contribution >= 0.6 is 0 Å². The van der Waals surface area contributed by atoms with Gasteiger partial charge in [0.1, 0.15) is 36.2 Å². The maximum absolute atomic E-state index is 6.66. The Labute approximate surface area is 660 Å². The average Bonchev–Trinajstić information content (AvgIpc) is 0.819. The van der Waals surface area contributed by atoms with Gasteiger partial charge in [0.2, 0.25) is 0 Å². The summed E-state index contributed by atoms with van der Waals surface area (Å²) in [6.45, 7) is 19.8. The lowest BCUT2D eigenvalue weighted by atomic mass is 10.1. The van der Waals surface area contributed by atoms with Crippen LogP contribution in [-0.4, -0.2) is 212 Å². The Hall–Kier alpha value is -7.02. The molecule has 0 unspecified atom stereocenters. The highest BCUT2D eigenvalue weighted by Gasteiger charge is 2.13. The van der Waals surface area contributed by atoms with Gasteiger partial charge in [-0.25, -0.2) is 0 Å². The summed E-state index contributed by atoms with van der Waals surface area (Å²) in [5, 5.41) is 0. The summed E-state index contributed by atoms with van der Waals surface area (Å²) in [4.78, 5) is 0. The summed E-state index contributed by atoms with van der Waals surface area (Å²) in [5.41, 5.74) is 6.80. The van der Waals surface area contributed by atoms with Gasteiger partial charge in [-0.15, -0.1) is 0 Å². The van der Waals surface area contributed by atoms with Crippen LogP contribution in [0.4, 0.5) is 0 Å². The lowest BCUT2D eigenvalue weighted by molar-refractivity contribution is -0.0199. The maximum atomic E-state index is 6.66. The summed E-state index contributed by atoms with van der Waals surface area (Å²) in [6.07, 6.45) is 24.9. The number of benzene rings is 5. The third-order valence-corrected chi connectivity index (χ3v) is 17.0. The van der Waals surface area contributed by atoms with Crippen LogP contribution in [0.3, 0.4) is 0 Å². The number of methoxy groups -OCH3 is 2. The van der Waals surface area contributed by atoms with Crippen LogP contribution in [0, 0.1) is 47.4 Å². The first-order valence-electron chi connectivity index (χ1n) is 40.6. The smallest absolute Gasteiger partial charge is 0.136 e. The molecule has 0 saturated heterocycles. The molecule has 0 bridgehead atoms. The lowest BCUT2D eigenvalue weighted by Crippen LogP contribution is -2.15. The van der Waals surface area contributed by atoms with Crippen molar-refractivity contribution in [2.45, 2.75) is 142 Å². The fourth-order valence-electron chi connectivity index (χ4n) is 10.8. The molecule has 606 valence electrons. The number of unbranched alkanes of at least 4 members (excludes halogenated alkanes) is 18. The Morgan fingerprint density at radius 2 is 0.382 bits per heavy atom. The number of hydrogen-bond donors (Lipinski definition) is 0. The van der Waals surface area contributed by atoms with Gasteiger partial charge in [-0.05, 0) is 110 Å². The molecular weight excluding hydrogens is 1390 g/mol. The molecule has 5 aromatic rings. The van der Waals surface area contributed by atoms with Gasteiger partial charge >= 0.3 is 0 Å². The van der Waals surface area contributed by atoms with Gasteiger partial charge < -0.3 is 85.3 Å². The molecule has 0 heterocycles. The largest absolute Gasteiger partial charge is 0.492 e. The molecule has 0 aliphatic rings. The van der Waals surface area contributed by atoms with E-state index in [2.05, 4.69) is 61.2 Å². The second-order valence-electron chi connectivity index (χ2n) is 26.1. The standard InChI is InChI=1S/C92H130O18/c1-5-7-9-11-13-15-17-19-21-23-49-109-91-79-88(44-38-84-33-27-82(28-34-84)30-36-86-41-47-90(48-42-86)108-78-76-106-74-72-104-70-68-102-66-64-100-62-60-98-58-56-96-54-52-94-4)92(110-50-24-22-20-18-16-14-12-10-8-6-2)80-87(91)43-37-83-31-25-81(26-32-83)29-35-85-39-45-89(46-40-85)107-77-75-105-73-71-103-69-67-101-65-63-99-61-59-97-57-55-95-53-51-93-3/h25-28,31-34,39-42,45-48,79-80H,5-24,49-78H2,1-4H3. The molecule has 18 heteroatoms. The van der Waals surface area contributed by atoms with E-state index in [9.17, 15) is 0 Å². The van der Waals surface area contributed by atoms with Gasteiger partial charge in [-0.1, -0.05) is 177 Å². The molecular formula is C92H130O18. The van der Waals surface area contributed by atoms with E-state index in [4.69, 9.17) is 85.3 Å². The molecule has 0 aliphatic carbocycles. The van der Waals surface area contributed by atoms with Gasteiger partial charge in [-0.3, -0.25) is 0 Å². The quantitative estimate of drug-likeness (QED) is 0.0266. The van der Waals surface area contributed by atoms with Gasteiger partial charge in [0.05, 0.1) is 196 Å². The Kier molecular flexibility index (Phi) is 58.5. The van der Waals surface area contributed by atoms with E-state index < -0.39 is 0 Å². The fraction of sp³-hybridized carbons (Fsp3) is 0.587. The second kappa shape index (κ2) is 68.8. The van der Waals surface area contributed by atoms with E-state index in [-0.39, 0.29) is 0 Å². The zero-order valence-electron chi connectivity index (χ0n) is 67.1. The molecule has 0 fully saturated rings.